The van der Waals surface area contributed by atoms with Gasteiger partial charge in [-0.15, -0.1) is 0 Å². The highest BCUT2D eigenvalue weighted by Crippen LogP contribution is 2.55. The van der Waals surface area contributed by atoms with Crippen molar-refractivity contribution in [2.24, 2.45) is 16.7 Å². The van der Waals surface area contributed by atoms with E-state index in [2.05, 4.69) is 54.2 Å². The zero-order valence-electron chi connectivity index (χ0n) is 33.0. The predicted molar refractivity (Wildman–Crippen MR) is 215 cm³/mol. The second kappa shape index (κ2) is 15.1. The highest BCUT2D eigenvalue weighted by Gasteiger charge is 2.64. The number of anilines is 1. The fourth-order valence-corrected chi connectivity index (χ4v) is 9.91. The molecule has 8 rings (SSSR count). The molecule has 302 valence electrons. The van der Waals surface area contributed by atoms with Gasteiger partial charge in [0, 0.05) is 66.8 Å². The molecule has 3 saturated heterocycles. The number of nitrogens with one attached hydrogen (secondary N) is 2. The number of nitriles is 1. The van der Waals surface area contributed by atoms with Crippen molar-refractivity contribution in [3.63, 3.8) is 0 Å². The lowest BCUT2D eigenvalue weighted by Gasteiger charge is -2.63. The van der Waals surface area contributed by atoms with Crippen LogP contribution in [0.5, 0.6) is 11.5 Å². The highest BCUT2D eigenvalue weighted by atomic mass is 35.5. The number of ether oxygens (including phenoxy) is 2. The van der Waals surface area contributed by atoms with Crippen LogP contribution in [0.1, 0.15) is 90.0 Å². The van der Waals surface area contributed by atoms with E-state index in [0.29, 0.717) is 33.6 Å². The molecule has 0 spiro atoms. The van der Waals surface area contributed by atoms with E-state index in [-0.39, 0.29) is 59.0 Å². The largest absolute Gasteiger partial charge is 0.489 e. The minimum absolute atomic E-state index is 0.0153. The average molecular weight is 807 g/mol. The molecule has 5 amide bonds. The predicted octanol–water partition coefficient (Wildman–Crippen LogP) is 5.20. The van der Waals surface area contributed by atoms with Gasteiger partial charge in [0.2, 0.25) is 11.8 Å². The monoisotopic (exact) mass is 806 g/mol. The summed E-state index contributed by atoms with van der Waals surface area (Å²) in [6, 6.07) is 18.7. The van der Waals surface area contributed by atoms with Crippen LogP contribution in [0.2, 0.25) is 5.02 Å². The molecule has 0 aromatic heterocycles. The molecule has 1 aliphatic carbocycles. The van der Waals surface area contributed by atoms with Gasteiger partial charge in [0.05, 0.1) is 21.7 Å². The number of carbonyl (C=O) groups excluding carboxylic acids is 5. The summed E-state index contributed by atoms with van der Waals surface area (Å²) in [5, 5.41) is 15.0. The number of benzene rings is 3. The van der Waals surface area contributed by atoms with Crippen LogP contribution < -0.4 is 25.0 Å². The molecule has 2 N–H and O–H groups in total. The van der Waals surface area contributed by atoms with E-state index < -0.39 is 29.7 Å². The molecule has 4 heterocycles. The summed E-state index contributed by atoms with van der Waals surface area (Å²) in [4.78, 5) is 69.1. The van der Waals surface area contributed by atoms with Crippen molar-refractivity contribution < 1.29 is 33.4 Å². The van der Waals surface area contributed by atoms with Crippen LogP contribution in [0.15, 0.2) is 60.7 Å². The third-order valence-electron chi connectivity index (χ3n) is 12.6. The fraction of sp³-hybridized carbons (Fsp3) is 0.455. The number of hydrogen-bond donors (Lipinski definition) is 2. The number of nitrogens with zero attached hydrogens (tertiary/aromatic N) is 4. The number of hydrogen-bond acceptors (Lipinski definition) is 10. The Morgan fingerprint density at radius 1 is 0.897 bits per heavy atom. The number of likely N-dealkylation sites (tertiary alicyclic amines) is 1. The van der Waals surface area contributed by atoms with E-state index in [4.69, 9.17) is 21.1 Å². The summed E-state index contributed by atoms with van der Waals surface area (Å²) >= 11 is 6.24. The van der Waals surface area contributed by atoms with Gasteiger partial charge in [-0.2, -0.15) is 5.26 Å². The van der Waals surface area contributed by atoms with Crippen molar-refractivity contribution in [3.05, 3.63) is 87.9 Å². The first-order valence-corrected chi connectivity index (χ1v) is 20.3. The fourth-order valence-electron chi connectivity index (χ4n) is 9.70. The molecule has 14 heteroatoms. The molecule has 1 unspecified atom stereocenters. The first-order valence-electron chi connectivity index (χ1n) is 19.9. The van der Waals surface area contributed by atoms with E-state index in [1.165, 1.54) is 0 Å². The van der Waals surface area contributed by atoms with E-state index >= 15 is 0 Å². The Morgan fingerprint density at radius 2 is 1.57 bits per heavy atom. The smallest absolute Gasteiger partial charge is 0.262 e. The minimum Gasteiger partial charge on any atom is -0.489 e. The van der Waals surface area contributed by atoms with E-state index in [0.717, 1.165) is 56.2 Å². The van der Waals surface area contributed by atoms with Gasteiger partial charge in [0.1, 0.15) is 35.8 Å². The van der Waals surface area contributed by atoms with Crippen LogP contribution in [-0.2, 0) is 9.59 Å². The van der Waals surface area contributed by atoms with Crippen molar-refractivity contribution in [2.45, 2.75) is 77.7 Å². The molecule has 58 heavy (non-hydrogen) atoms. The summed E-state index contributed by atoms with van der Waals surface area (Å²) in [7, 11) is 0. The molecule has 0 bridgehead atoms. The molecule has 3 aromatic carbocycles. The van der Waals surface area contributed by atoms with Crippen LogP contribution in [0, 0.1) is 28.1 Å². The highest BCUT2D eigenvalue weighted by molar-refractivity contribution is 6.31. The Labute approximate surface area is 342 Å². The SMILES string of the molecule is CC1(C)[C@H](NC(=O)c2ccc(N3CC(CCCN4CC(Oc5ccc6c(c5)C(=O)N(C5CCC(=O)NC5=O)C6=O)C4)C3)cc2)C(C)(C)[C@H]1Oc1ccc(C#N)c(Cl)c1. The maximum atomic E-state index is 13.4. The van der Waals surface area contributed by atoms with Gasteiger partial charge in [-0.1, -0.05) is 39.3 Å². The van der Waals surface area contributed by atoms with Crippen LogP contribution >= 0.6 is 11.6 Å². The molecule has 4 fully saturated rings. The zero-order valence-corrected chi connectivity index (χ0v) is 33.8. The molecule has 1 saturated carbocycles. The maximum absolute atomic E-state index is 13.4. The van der Waals surface area contributed by atoms with Crippen LogP contribution in [0.4, 0.5) is 5.69 Å². The minimum atomic E-state index is -0.996. The number of amides is 5. The van der Waals surface area contributed by atoms with Gasteiger partial charge < -0.3 is 19.7 Å². The van der Waals surface area contributed by atoms with Crippen LogP contribution in [-0.4, -0.2) is 96.4 Å². The molecular weight excluding hydrogens is 760 g/mol. The van der Waals surface area contributed by atoms with Crippen molar-refractivity contribution in [2.75, 3.05) is 37.6 Å². The summed E-state index contributed by atoms with van der Waals surface area (Å²) < 4.78 is 12.5. The Hall–Kier alpha value is -5.45. The van der Waals surface area contributed by atoms with Gasteiger partial charge in [0.15, 0.2) is 0 Å². The number of halogens is 1. The summed E-state index contributed by atoms with van der Waals surface area (Å²) in [5.41, 5.74) is 1.87. The standard InChI is InChI=1S/C44H47ClN6O7/c1-43(2)41(44(3,4)42(43)58-30-12-9-27(20-46)34(45)19-30)48-37(53)26-7-10-28(11-8-26)50-21-25(22-50)6-5-17-49-23-31(24-49)57-29-13-14-32-33(18-29)40(56)51(39(32)55)35-15-16-36(52)47-38(35)54/h7-14,18-19,25,31,35,41-42H,5-6,15-17,21-24H2,1-4H3,(H,48,53)(H,47,52,54)/t35?,41-,42-. The first kappa shape index (κ1) is 39.4. The second-order valence-corrected chi connectivity index (χ2v) is 17.8. The number of piperidine rings is 1. The van der Waals surface area contributed by atoms with Crippen molar-refractivity contribution in [3.8, 4) is 17.6 Å². The van der Waals surface area contributed by atoms with Crippen LogP contribution in [0.25, 0.3) is 0 Å². The lowest BCUT2D eigenvalue weighted by atomic mass is 9.49. The second-order valence-electron chi connectivity index (χ2n) is 17.4. The molecular formula is C44H47ClN6O7. The Balaban J connectivity index is 0.739. The number of imide groups is 2. The molecule has 4 aliphatic heterocycles. The summed E-state index contributed by atoms with van der Waals surface area (Å²) in [5.74, 6) is -0.508. The third-order valence-corrected chi connectivity index (χ3v) is 12.9. The normalized spacial score (nSPS) is 23.9. The third kappa shape index (κ3) is 7.17. The maximum Gasteiger partial charge on any atom is 0.262 e. The van der Waals surface area contributed by atoms with Gasteiger partial charge >= 0.3 is 0 Å². The topological polar surface area (TPSA) is 161 Å². The number of fused-ring (bicyclic) bond motifs is 1. The Bertz CT molecular complexity index is 2210. The molecule has 0 radical (unpaired) electrons. The van der Waals surface area contributed by atoms with E-state index in [1.54, 1.807) is 36.4 Å². The lowest BCUT2D eigenvalue weighted by molar-refractivity contribution is -0.164. The number of carbonyl (C=O) groups is 5. The molecule has 3 aromatic rings. The quantitative estimate of drug-likeness (QED) is 0.233. The Kier molecular flexibility index (Phi) is 10.2. The molecule has 5 aliphatic rings. The Morgan fingerprint density at radius 3 is 2.24 bits per heavy atom. The van der Waals surface area contributed by atoms with Crippen LogP contribution in [0.3, 0.4) is 0 Å². The summed E-state index contributed by atoms with van der Waals surface area (Å²) in [6.45, 7) is 12.9. The van der Waals surface area contributed by atoms with Crippen molar-refractivity contribution in [1.29, 1.82) is 5.26 Å². The van der Waals surface area contributed by atoms with E-state index in [9.17, 15) is 29.2 Å². The van der Waals surface area contributed by atoms with Gasteiger partial charge in [-0.3, -0.25) is 39.1 Å². The van der Waals surface area contributed by atoms with Gasteiger partial charge in [-0.05, 0) is 86.3 Å². The first-order chi connectivity index (χ1) is 27.6. The van der Waals surface area contributed by atoms with Gasteiger partial charge in [-0.25, -0.2) is 0 Å². The van der Waals surface area contributed by atoms with E-state index in [1.807, 2.05) is 24.3 Å². The van der Waals surface area contributed by atoms with Crippen molar-refractivity contribution in [1.82, 2.24) is 20.4 Å². The molecule has 13 nitrogen and oxygen atoms in total. The zero-order chi connectivity index (χ0) is 41.1. The lowest BCUT2D eigenvalue weighted by Crippen LogP contribution is -2.74. The summed E-state index contributed by atoms with van der Waals surface area (Å²) in [6.07, 6.45) is 2.20. The molecule has 1 atom stereocenters. The van der Waals surface area contributed by atoms with Gasteiger partial charge in [0.25, 0.3) is 17.7 Å². The average Bonchev–Trinajstić information content (AvgIpc) is 3.40. The van der Waals surface area contributed by atoms with Crippen molar-refractivity contribution >= 4 is 46.8 Å². The number of rotatable bonds is 12.